The predicted octanol–water partition coefficient (Wildman–Crippen LogP) is 3.71. The number of halogens is 2. The van der Waals surface area contributed by atoms with E-state index >= 15 is 0 Å². The number of aliphatic hydroxyl groups is 1. The van der Waals surface area contributed by atoms with E-state index in [0.29, 0.717) is 21.9 Å². The van der Waals surface area contributed by atoms with Crippen LogP contribution in [0.15, 0.2) is 36.4 Å². The lowest BCUT2D eigenvalue weighted by Gasteiger charge is -2.10. The van der Waals surface area contributed by atoms with Crippen LogP contribution in [0.4, 0.5) is 4.39 Å². The number of aliphatic hydroxyl groups excluding tert-OH is 1. The Balaban J connectivity index is 2.16. The summed E-state index contributed by atoms with van der Waals surface area (Å²) >= 11 is 5.92. The first-order valence-electron chi connectivity index (χ1n) is 6.36. The largest absolute Gasteiger partial charge is 0.489 e. The van der Waals surface area contributed by atoms with Gasteiger partial charge in [0.1, 0.15) is 24.8 Å². The fourth-order valence-electron chi connectivity index (χ4n) is 1.84. The summed E-state index contributed by atoms with van der Waals surface area (Å²) in [5.41, 5.74) is 2.12. The standard InChI is InChI=1S/C17H14ClFO2/c1-12-4-5-15(18)10-17(12)21-11-14-7-13(3-2-6-20)8-16(19)9-14/h4-5,7-10,20H,6,11H2,1H3. The molecule has 108 valence electrons. The average Bonchev–Trinajstić information content (AvgIpc) is 2.45. The third-order valence-electron chi connectivity index (χ3n) is 2.81. The van der Waals surface area contributed by atoms with E-state index in [0.717, 1.165) is 5.56 Å². The Bertz CT molecular complexity index is 702. The highest BCUT2D eigenvalue weighted by atomic mass is 35.5. The molecule has 2 aromatic carbocycles. The molecule has 0 unspecified atom stereocenters. The molecule has 0 heterocycles. The van der Waals surface area contributed by atoms with Gasteiger partial charge in [-0.1, -0.05) is 29.5 Å². The van der Waals surface area contributed by atoms with Gasteiger partial charge in [0.15, 0.2) is 0 Å². The van der Waals surface area contributed by atoms with Crippen LogP contribution in [0.5, 0.6) is 5.75 Å². The molecular weight excluding hydrogens is 291 g/mol. The second-order valence-electron chi connectivity index (χ2n) is 4.51. The normalized spacial score (nSPS) is 9.90. The first kappa shape index (κ1) is 15.4. The van der Waals surface area contributed by atoms with Gasteiger partial charge in [-0.2, -0.15) is 0 Å². The van der Waals surface area contributed by atoms with Gasteiger partial charge in [0.2, 0.25) is 0 Å². The Morgan fingerprint density at radius 1 is 1.24 bits per heavy atom. The molecule has 0 saturated heterocycles. The van der Waals surface area contributed by atoms with Crippen LogP contribution in [-0.2, 0) is 6.61 Å². The van der Waals surface area contributed by atoms with Crippen LogP contribution < -0.4 is 4.74 Å². The van der Waals surface area contributed by atoms with E-state index in [1.165, 1.54) is 12.1 Å². The summed E-state index contributed by atoms with van der Waals surface area (Å²) in [6.07, 6.45) is 0. The lowest BCUT2D eigenvalue weighted by Crippen LogP contribution is -1.98. The molecule has 0 aromatic heterocycles. The van der Waals surface area contributed by atoms with E-state index in [9.17, 15) is 4.39 Å². The molecule has 0 fully saturated rings. The van der Waals surface area contributed by atoms with Crippen molar-refractivity contribution in [3.05, 3.63) is 63.9 Å². The third kappa shape index (κ3) is 4.49. The lowest BCUT2D eigenvalue weighted by molar-refractivity contribution is 0.303. The Morgan fingerprint density at radius 2 is 2.05 bits per heavy atom. The fraction of sp³-hybridized carbons (Fsp3) is 0.176. The van der Waals surface area contributed by atoms with Gasteiger partial charge >= 0.3 is 0 Å². The van der Waals surface area contributed by atoms with Gasteiger partial charge in [0.05, 0.1) is 0 Å². The van der Waals surface area contributed by atoms with E-state index in [2.05, 4.69) is 11.8 Å². The minimum atomic E-state index is -0.388. The predicted molar refractivity (Wildman–Crippen MR) is 80.9 cm³/mol. The van der Waals surface area contributed by atoms with Gasteiger partial charge in [-0.3, -0.25) is 0 Å². The highest BCUT2D eigenvalue weighted by Crippen LogP contribution is 2.23. The van der Waals surface area contributed by atoms with Crippen molar-refractivity contribution in [2.24, 2.45) is 0 Å². The van der Waals surface area contributed by atoms with Crippen molar-refractivity contribution in [2.45, 2.75) is 13.5 Å². The Labute approximate surface area is 128 Å². The van der Waals surface area contributed by atoms with Crippen molar-refractivity contribution in [1.82, 2.24) is 0 Å². The molecule has 0 bridgehead atoms. The molecule has 0 radical (unpaired) electrons. The van der Waals surface area contributed by atoms with Crippen LogP contribution in [0, 0.1) is 24.6 Å². The van der Waals surface area contributed by atoms with Crippen molar-refractivity contribution < 1.29 is 14.2 Å². The number of hydrogen-bond donors (Lipinski definition) is 1. The monoisotopic (exact) mass is 304 g/mol. The van der Waals surface area contributed by atoms with E-state index in [4.69, 9.17) is 21.4 Å². The maximum Gasteiger partial charge on any atom is 0.124 e. The van der Waals surface area contributed by atoms with Crippen LogP contribution in [0.25, 0.3) is 0 Å². The number of benzene rings is 2. The Kier molecular flexibility index (Phi) is 5.21. The zero-order valence-electron chi connectivity index (χ0n) is 11.5. The SMILES string of the molecule is Cc1ccc(Cl)cc1OCc1cc(F)cc(C#CCO)c1. The smallest absolute Gasteiger partial charge is 0.124 e. The third-order valence-corrected chi connectivity index (χ3v) is 3.05. The van der Waals surface area contributed by atoms with Crippen LogP contribution in [0.1, 0.15) is 16.7 Å². The quantitative estimate of drug-likeness (QED) is 0.876. The molecule has 2 aromatic rings. The van der Waals surface area contributed by atoms with E-state index in [1.807, 2.05) is 13.0 Å². The maximum atomic E-state index is 13.5. The highest BCUT2D eigenvalue weighted by Gasteiger charge is 2.04. The van der Waals surface area contributed by atoms with Gasteiger partial charge in [-0.05, 0) is 48.4 Å². The molecule has 4 heteroatoms. The van der Waals surface area contributed by atoms with Crippen LogP contribution in [-0.4, -0.2) is 11.7 Å². The molecule has 1 N–H and O–H groups in total. The van der Waals surface area contributed by atoms with Crippen LogP contribution >= 0.6 is 11.6 Å². The molecule has 0 amide bonds. The Hall–Kier alpha value is -2.02. The van der Waals surface area contributed by atoms with Gasteiger partial charge in [0.25, 0.3) is 0 Å². The number of hydrogen-bond acceptors (Lipinski definition) is 2. The molecule has 2 nitrogen and oxygen atoms in total. The van der Waals surface area contributed by atoms with Crippen LogP contribution in [0.3, 0.4) is 0 Å². The summed E-state index contributed by atoms with van der Waals surface area (Å²) in [6, 6.07) is 9.81. The summed E-state index contributed by atoms with van der Waals surface area (Å²) in [7, 11) is 0. The van der Waals surface area contributed by atoms with E-state index in [1.54, 1.807) is 18.2 Å². The summed E-state index contributed by atoms with van der Waals surface area (Å²) in [5, 5.41) is 9.26. The summed E-state index contributed by atoms with van der Waals surface area (Å²) in [5.74, 6) is 5.44. The summed E-state index contributed by atoms with van der Waals surface area (Å²) < 4.78 is 19.2. The molecule has 0 spiro atoms. The molecule has 0 aliphatic heterocycles. The lowest BCUT2D eigenvalue weighted by atomic mass is 10.1. The zero-order valence-corrected chi connectivity index (χ0v) is 12.2. The molecule has 0 aliphatic rings. The topological polar surface area (TPSA) is 29.5 Å². The fourth-order valence-corrected chi connectivity index (χ4v) is 2.00. The molecule has 0 saturated carbocycles. The molecular formula is C17H14ClFO2. The summed E-state index contributed by atoms with van der Waals surface area (Å²) in [4.78, 5) is 0. The van der Waals surface area contributed by atoms with Gasteiger partial charge in [-0.25, -0.2) is 4.39 Å². The average molecular weight is 305 g/mol. The minimum Gasteiger partial charge on any atom is -0.489 e. The van der Waals surface area contributed by atoms with Gasteiger partial charge in [-0.15, -0.1) is 0 Å². The number of ether oxygens (including phenoxy) is 1. The van der Waals surface area contributed by atoms with Gasteiger partial charge in [0, 0.05) is 10.6 Å². The maximum absolute atomic E-state index is 13.5. The van der Waals surface area contributed by atoms with Crippen molar-refractivity contribution in [2.75, 3.05) is 6.61 Å². The highest BCUT2D eigenvalue weighted by molar-refractivity contribution is 6.30. The minimum absolute atomic E-state index is 0.215. The van der Waals surface area contributed by atoms with Crippen molar-refractivity contribution in [3.8, 4) is 17.6 Å². The zero-order chi connectivity index (χ0) is 15.2. The first-order valence-corrected chi connectivity index (χ1v) is 6.74. The van der Waals surface area contributed by atoms with E-state index in [-0.39, 0.29) is 19.0 Å². The summed E-state index contributed by atoms with van der Waals surface area (Å²) in [6.45, 7) is 1.87. The van der Waals surface area contributed by atoms with Crippen molar-refractivity contribution in [1.29, 1.82) is 0 Å². The Morgan fingerprint density at radius 3 is 2.81 bits per heavy atom. The number of aryl methyl sites for hydroxylation is 1. The van der Waals surface area contributed by atoms with E-state index < -0.39 is 0 Å². The number of rotatable bonds is 3. The van der Waals surface area contributed by atoms with Crippen molar-refractivity contribution in [3.63, 3.8) is 0 Å². The van der Waals surface area contributed by atoms with Crippen molar-refractivity contribution >= 4 is 11.6 Å². The first-order chi connectivity index (χ1) is 10.1. The molecule has 2 rings (SSSR count). The molecule has 0 atom stereocenters. The second kappa shape index (κ2) is 7.12. The molecule has 21 heavy (non-hydrogen) atoms. The van der Waals surface area contributed by atoms with Gasteiger partial charge < -0.3 is 9.84 Å². The molecule has 0 aliphatic carbocycles. The second-order valence-corrected chi connectivity index (χ2v) is 4.94. The van der Waals surface area contributed by atoms with Crippen LogP contribution in [0.2, 0.25) is 5.02 Å².